The fourth-order valence-electron chi connectivity index (χ4n) is 2.72. The Kier molecular flexibility index (Phi) is 3.52. The number of methoxy groups -OCH3 is 1. The van der Waals surface area contributed by atoms with Crippen LogP contribution in [-0.4, -0.2) is 24.5 Å². The number of anilines is 1. The topological polar surface area (TPSA) is 55.6 Å². The first-order valence-electron chi connectivity index (χ1n) is 6.98. The van der Waals surface area contributed by atoms with E-state index in [1.807, 2.05) is 17.0 Å². The first-order chi connectivity index (χ1) is 10.2. The van der Waals surface area contributed by atoms with Crippen LogP contribution in [-0.2, 0) is 13.0 Å². The molecule has 2 aromatic carbocycles. The van der Waals surface area contributed by atoms with Gasteiger partial charge in [0.25, 0.3) is 5.91 Å². The first kappa shape index (κ1) is 13.5. The fourth-order valence-corrected chi connectivity index (χ4v) is 2.72. The van der Waals surface area contributed by atoms with Gasteiger partial charge in [-0.15, -0.1) is 0 Å². The van der Waals surface area contributed by atoms with Gasteiger partial charge in [-0.1, -0.05) is 24.3 Å². The van der Waals surface area contributed by atoms with Crippen molar-refractivity contribution >= 4 is 11.6 Å². The van der Waals surface area contributed by atoms with Gasteiger partial charge in [0.05, 0.1) is 12.8 Å². The number of ether oxygens (including phenoxy) is 1. The van der Waals surface area contributed by atoms with Crippen LogP contribution in [0.1, 0.15) is 21.5 Å². The third-order valence-corrected chi connectivity index (χ3v) is 3.89. The van der Waals surface area contributed by atoms with Crippen LogP contribution in [0, 0.1) is 0 Å². The van der Waals surface area contributed by atoms with Crippen molar-refractivity contribution in [3.05, 3.63) is 59.2 Å². The summed E-state index contributed by atoms with van der Waals surface area (Å²) < 4.78 is 5.12. The quantitative estimate of drug-likeness (QED) is 0.861. The highest BCUT2D eigenvalue weighted by atomic mass is 16.5. The number of benzene rings is 2. The van der Waals surface area contributed by atoms with Crippen molar-refractivity contribution in [1.82, 2.24) is 4.90 Å². The van der Waals surface area contributed by atoms with Crippen LogP contribution in [0.15, 0.2) is 42.5 Å². The van der Waals surface area contributed by atoms with Crippen LogP contribution in [0.2, 0.25) is 0 Å². The number of hydrogen-bond acceptors (Lipinski definition) is 3. The zero-order valence-corrected chi connectivity index (χ0v) is 12.0. The molecule has 0 unspecified atom stereocenters. The number of fused-ring (bicyclic) bond motifs is 1. The van der Waals surface area contributed by atoms with E-state index in [9.17, 15) is 4.79 Å². The highest BCUT2D eigenvalue weighted by molar-refractivity contribution is 5.95. The van der Waals surface area contributed by atoms with Gasteiger partial charge >= 0.3 is 0 Å². The summed E-state index contributed by atoms with van der Waals surface area (Å²) in [6, 6.07) is 13.4. The van der Waals surface area contributed by atoms with Crippen molar-refractivity contribution in [3.63, 3.8) is 0 Å². The van der Waals surface area contributed by atoms with Crippen LogP contribution in [0.3, 0.4) is 0 Å². The van der Waals surface area contributed by atoms with E-state index in [1.54, 1.807) is 25.3 Å². The summed E-state index contributed by atoms with van der Waals surface area (Å²) in [5, 5.41) is 0. The highest BCUT2D eigenvalue weighted by Gasteiger charge is 2.21. The number of nitrogens with zero attached hydrogens (tertiary/aromatic N) is 1. The molecule has 0 radical (unpaired) electrons. The molecule has 2 N–H and O–H groups in total. The Hall–Kier alpha value is -2.49. The third kappa shape index (κ3) is 2.57. The fraction of sp³-hybridized carbons (Fsp3) is 0.235. The summed E-state index contributed by atoms with van der Waals surface area (Å²) in [5.74, 6) is 0.606. The van der Waals surface area contributed by atoms with E-state index in [-0.39, 0.29) is 5.91 Å². The van der Waals surface area contributed by atoms with Crippen LogP contribution >= 0.6 is 0 Å². The molecule has 0 saturated heterocycles. The van der Waals surface area contributed by atoms with Gasteiger partial charge in [0.15, 0.2) is 0 Å². The van der Waals surface area contributed by atoms with Gasteiger partial charge in [0.1, 0.15) is 5.75 Å². The molecule has 0 spiro atoms. The monoisotopic (exact) mass is 282 g/mol. The van der Waals surface area contributed by atoms with Gasteiger partial charge in [-0.3, -0.25) is 4.79 Å². The van der Waals surface area contributed by atoms with Gasteiger partial charge in [-0.05, 0) is 35.7 Å². The van der Waals surface area contributed by atoms with Gasteiger partial charge in [0, 0.05) is 18.7 Å². The minimum atomic E-state index is 0.0128. The average Bonchev–Trinajstić information content (AvgIpc) is 2.53. The van der Waals surface area contributed by atoms with E-state index in [4.69, 9.17) is 10.5 Å². The molecule has 0 aliphatic carbocycles. The number of carbonyl (C=O) groups is 1. The molecule has 4 nitrogen and oxygen atoms in total. The van der Waals surface area contributed by atoms with Gasteiger partial charge < -0.3 is 15.4 Å². The lowest BCUT2D eigenvalue weighted by molar-refractivity contribution is 0.0735. The zero-order valence-electron chi connectivity index (χ0n) is 12.0. The van der Waals surface area contributed by atoms with E-state index in [1.165, 1.54) is 11.1 Å². The molecule has 0 atom stereocenters. The lowest BCUT2D eigenvalue weighted by Gasteiger charge is -2.29. The maximum Gasteiger partial charge on any atom is 0.254 e. The lowest BCUT2D eigenvalue weighted by atomic mass is 9.99. The standard InChI is InChI=1S/C17H18N2O2/c1-21-16-7-6-13(10-15(16)18)17(20)19-9-8-12-4-2-3-5-14(12)11-19/h2-7,10H,8-9,11,18H2,1H3. The van der Waals surface area contributed by atoms with E-state index in [2.05, 4.69) is 12.1 Å². The number of hydrogen-bond donors (Lipinski definition) is 1. The van der Waals surface area contributed by atoms with Gasteiger partial charge in [-0.2, -0.15) is 0 Å². The minimum Gasteiger partial charge on any atom is -0.495 e. The minimum absolute atomic E-state index is 0.0128. The van der Waals surface area contributed by atoms with E-state index < -0.39 is 0 Å². The van der Waals surface area contributed by atoms with Gasteiger partial charge in [-0.25, -0.2) is 0 Å². The molecule has 1 amide bonds. The Balaban J connectivity index is 1.82. The molecule has 0 saturated carbocycles. The second-order valence-electron chi connectivity index (χ2n) is 5.20. The summed E-state index contributed by atoms with van der Waals surface area (Å²) >= 11 is 0. The van der Waals surface area contributed by atoms with E-state index in [0.29, 0.717) is 23.5 Å². The highest BCUT2D eigenvalue weighted by Crippen LogP contribution is 2.25. The second-order valence-corrected chi connectivity index (χ2v) is 5.20. The Labute approximate surface area is 124 Å². The van der Waals surface area contributed by atoms with Crippen molar-refractivity contribution in [2.24, 2.45) is 0 Å². The molecule has 4 heteroatoms. The summed E-state index contributed by atoms with van der Waals surface area (Å²) in [5.41, 5.74) is 9.52. The molecule has 3 rings (SSSR count). The third-order valence-electron chi connectivity index (χ3n) is 3.89. The molecule has 2 aromatic rings. The van der Waals surface area contributed by atoms with Crippen molar-refractivity contribution in [1.29, 1.82) is 0 Å². The maximum absolute atomic E-state index is 12.6. The number of rotatable bonds is 2. The van der Waals surface area contributed by atoms with Crippen molar-refractivity contribution < 1.29 is 9.53 Å². The zero-order chi connectivity index (χ0) is 14.8. The molecule has 1 aliphatic rings. The molecule has 1 heterocycles. The molecule has 108 valence electrons. The largest absolute Gasteiger partial charge is 0.495 e. The van der Waals surface area contributed by atoms with Crippen LogP contribution in [0.4, 0.5) is 5.69 Å². The first-order valence-corrected chi connectivity index (χ1v) is 6.98. The Morgan fingerprint density at radius 1 is 1.19 bits per heavy atom. The van der Waals surface area contributed by atoms with Crippen molar-refractivity contribution in [3.8, 4) is 5.75 Å². The van der Waals surface area contributed by atoms with Crippen LogP contribution in [0.5, 0.6) is 5.75 Å². The molecular weight excluding hydrogens is 264 g/mol. The number of nitrogens with two attached hydrogens (primary N) is 1. The van der Waals surface area contributed by atoms with Crippen LogP contribution < -0.4 is 10.5 Å². The Bertz CT molecular complexity index is 682. The Morgan fingerprint density at radius 3 is 2.67 bits per heavy atom. The summed E-state index contributed by atoms with van der Waals surface area (Å²) in [4.78, 5) is 14.5. The Morgan fingerprint density at radius 2 is 1.95 bits per heavy atom. The molecule has 1 aliphatic heterocycles. The molecular formula is C17H18N2O2. The lowest BCUT2D eigenvalue weighted by Crippen LogP contribution is -2.35. The van der Waals surface area contributed by atoms with E-state index >= 15 is 0 Å². The number of carbonyl (C=O) groups excluding carboxylic acids is 1. The van der Waals surface area contributed by atoms with E-state index in [0.717, 1.165) is 13.0 Å². The SMILES string of the molecule is COc1ccc(C(=O)N2CCc3ccccc3C2)cc1N. The predicted molar refractivity (Wildman–Crippen MR) is 82.3 cm³/mol. The van der Waals surface area contributed by atoms with Gasteiger partial charge in [0.2, 0.25) is 0 Å². The summed E-state index contributed by atoms with van der Waals surface area (Å²) in [6.07, 6.45) is 0.896. The smallest absolute Gasteiger partial charge is 0.254 e. The molecule has 0 bridgehead atoms. The predicted octanol–water partition coefficient (Wildman–Crippen LogP) is 2.48. The maximum atomic E-state index is 12.6. The summed E-state index contributed by atoms with van der Waals surface area (Å²) in [6.45, 7) is 1.39. The molecule has 21 heavy (non-hydrogen) atoms. The van der Waals surface area contributed by atoms with Crippen LogP contribution in [0.25, 0.3) is 0 Å². The molecule has 0 aromatic heterocycles. The molecule has 0 fully saturated rings. The normalized spacial score (nSPS) is 13.7. The number of amides is 1. The second kappa shape index (κ2) is 5.48. The average molecular weight is 282 g/mol. The van der Waals surface area contributed by atoms with Crippen molar-refractivity contribution in [2.45, 2.75) is 13.0 Å². The number of nitrogen functional groups attached to an aromatic ring is 1. The summed E-state index contributed by atoms with van der Waals surface area (Å²) in [7, 11) is 1.56. The van der Waals surface area contributed by atoms with Crippen molar-refractivity contribution in [2.75, 3.05) is 19.4 Å².